The van der Waals surface area contributed by atoms with E-state index in [1.807, 2.05) is 24.3 Å². The third-order valence-corrected chi connectivity index (χ3v) is 6.01. The van der Waals surface area contributed by atoms with Gasteiger partial charge in [0.2, 0.25) is 5.09 Å². The van der Waals surface area contributed by atoms with Crippen LogP contribution in [-0.2, 0) is 16.0 Å². The minimum atomic E-state index is -0.569. The van der Waals surface area contributed by atoms with Gasteiger partial charge < -0.3 is 25.1 Å². The Kier molecular flexibility index (Phi) is 7.53. The minimum Gasteiger partial charge on any atom is -0.454 e. The molecule has 3 N–H and O–H groups in total. The van der Waals surface area contributed by atoms with Gasteiger partial charge in [-0.3, -0.25) is 0 Å². The van der Waals surface area contributed by atoms with Gasteiger partial charge in [0.05, 0.1) is 0 Å². The fourth-order valence-corrected chi connectivity index (χ4v) is 4.31. The Balaban J connectivity index is 1.52. The van der Waals surface area contributed by atoms with Crippen LogP contribution in [0.15, 0.2) is 47.1 Å². The van der Waals surface area contributed by atoms with Crippen molar-refractivity contribution in [1.82, 2.24) is 24.8 Å². The first-order valence-corrected chi connectivity index (χ1v) is 12.6. The zero-order valence-electron chi connectivity index (χ0n) is 20.8. The van der Waals surface area contributed by atoms with E-state index in [1.54, 1.807) is 6.26 Å². The number of nitrogens with two attached hydrogens (primary N) is 1. The molecule has 0 radical (unpaired) electrons. The monoisotopic (exact) mass is 492 g/mol. The number of hydrogen-bond acceptors (Lipinski definition) is 8. The molecule has 0 saturated carbocycles. The van der Waals surface area contributed by atoms with Gasteiger partial charge in [-0.25, -0.2) is 15.0 Å². The number of anilines is 1. The molecular formula is C26H32N6O2S. The summed E-state index contributed by atoms with van der Waals surface area (Å²) in [6, 6.07) is 8.32. The Bertz CT molecular complexity index is 1280. The van der Waals surface area contributed by atoms with Crippen LogP contribution in [0.2, 0.25) is 0 Å². The number of imidazole rings is 1. The van der Waals surface area contributed by atoms with Gasteiger partial charge in [-0.1, -0.05) is 43.9 Å². The summed E-state index contributed by atoms with van der Waals surface area (Å²) in [6.07, 6.45) is 3.44. The van der Waals surface area contributed by atoms with Crippen LogP contribution in [0, 0.1) is 17.3 Å². The van der Waals surface area contributed by atoms with Gasteiger partial charge in [0.1, 0.15) is 12.6 Å². The fourth-order valence-electron chi connectivity index (χ4n) is 3.47. The van der Waals surface area contributed by atoms with Crippen LogP contribution in [0.1, 0.15) is 58.5 Å². The van der Waals surface area contributed by atoms with Gasteiger partial charge in [0.15, 0.2) is 22.1 Å². The van der Waals surface area contributed by atoms with Crippen LogP contribution < -0.4 is 11.1 Å². The second-order valence-corrected chi connectivity index (χ2v) is 10.6. The van der Waals surface area contributed by atoms with Crippen molar-refractivity contribution < 1.29 is 9.47 Å². The van der Waals surface area contributed by atoms with Crippen molar-refractivity contribution in [2.45, 2.75) is 65.1 Å². The molecule has 35 heavy (non-hydrogen) atoms. The number of thioether (sulfide) groups is 1. The standard InChI is InChI=1S/C26H32N6O2S/c1-17(2)28-13-8-14-32-23-21(22(27)29-16-30-23)31-25(32)35-20-15-33-24(34-20)19-10-7-6-9-18(19)11-12-26(3,4)5/h6-7,9-10,15-17,24,28H,8,13-14H2,1-5H3,(H2,27,29,30). The smallest absolute Gasteiger partial charge is 0.269 e. The number of aryl methyl sites for hydroxylation is 1. The topological polar surface area (TPSA) is 100 Å². The van der Waals surface area contributed by atoms with E-state index in [4.69, 9.17) is 20.2 Å². The Labute approximate surface area is 210 Å². The number of aromatic nitrogens is 4. The molecular weight excluding hydrogens is 460 g/mol. The second-order valence-electron chi connectivity index (χ2n) is 9.65. The highest BCUT2D eigenvalue weighted by Crippen LogP contribution is 2.39. The van der Waals surface area contributed by atoms with Crippen molar-refractivity contribution in [2.24, 2.45) is 5.41 Å². The van der Waals surface area contributed by atoms with Crippen LogP contribution >= 0.6 is 11.8 Å². The molecule has 8 nitrogen and oxygen atoms in total. The molecule has 0 fully saturated rings. The maximum absolute atomic E-state index is 6.16. The van der Waals surface area contributed by atoms with Crippen LogP contribution in [0.5, 0.6) is 0 Å². The first-order chi connectivity index (χ1) is 16.7. The quantitative estimate of drug-likeness (QED) is 0.341. The highest BCUT2D eigenvalue weighted by molar-refractivity contribution is 8.02. The lowest BCUT2D eigenvalue weighted by Gasteiger charge is -2.14. The molecule has 1 aliphatic rings. The van der Waals surface area contributed by atoms with Crippen molar-refractivity contribution in [3.8, 4) is 11.8 Å². The van der Waals surface area contributed by atoms with Crippen LogP contribution in [0.25, 0.3) is 11.2 Å². The fraction of sp³-hybridized carbons (Fsp3) is 0.423. The number of rotatable bonds is 8. The summed E-state index contributed by atoms with van der Waals surface area (Å²) < 4.78 is 14.1. The number of fused-ring (bicyclic) bond motifs is 1. The zero-order chi connectivity index (χ0) is 25.0. The summed E-state index contributed by atoms with van der Waals surface area (Å²) in [5.41, 5.74) is 9.06. The van der Waals surface area contributed by atoms with Gasteiger partial charge in [-0.05, 0) is 51.6 Å². The molecule has 0 aliphatic carbocycles. The number of ether oxygens (including phenoxy) is 2. The molecule has 0 amide bonds. The molecule has 0 spiro atoms. The van der Waals surface area contributed by atoms with E-state index in [-0.39, 0.29) is 5.41 Å². The highest BCUT2D eigenvalue weighted by Gasteiger charge is 2.26. The Morgan fingerprint density at radius 2 is 2.03 bits per heavy atom. The second kappa shape index (κ2) is 10.6. The van der Waals surface area contributed by atoms with Gasteiger partial charge in [0, 0.05) is 29.1 Å². The molecule has 4 rings (SSSR count). The number of nitrogens with one attached hydrogen (secondary N) is 1. The predicted molar refractivity (Wildman–Crippen MR) is 139 cm³/mol. The van der Waals surface area contributed by atoms with Crippen molar-refractivity contribution in [2.75, 3.05) is 12.3 Å². The Morgan fingerprint density at radius 3 is 2.80 bits per heavy atom. The van der Waals surface area contributed by atoms with E-state index >= 15 is 0 Å². The van der Waals surface area contributed by atoms with E-state index in [2.05, 4.69) is 66.3 Å². The Morgan fingerprint density at radius 1 is 1.23 bits per heavy atom. The molecule has 1 atom stereocenters. The summed E-state index contributed by atoms with van der Waals surface area (Å²) in [4.78, 5) is 13.2. The number of benzene rings is 1. The maximum atomic E-state index is 6.16. The summed E-state index contributed by atoms with van der Waals surface area (Å²) in [6.45, 7) is 12.2. The molecule has 3 heterocycles. The molecule has 1 unspecified atom stereocenters. The number of hydrogen-bond donors (Lipinski definition) is 2. The van der Waals surface area contributed by atoms with Crippen molar-refractivity contribution in [3.05, 3.63) is 53.1 Å². The lowest BCUT2D eigenvalue weighted by Crippen LogP contribution is -2.24. The van der Waals surface area contributed by atoms with E-state index < -0.39 is 6.29 Å². The van der Waals surface area contributed by atoms with Gasteiger partial charge in [-0.2, -0.15) is 0 Å². The maximum Gasteiger partial charge on any atom is 0.269 e. The third-order valence-electron chi connectivity index (χ3n) is 5.13. The molecule has 0 bridgehead atoms. The molecule has 184 valence electrons. The number of nitrogen functional groups attached to an aromatic ring is 1. The average molecular weight is 493 g/mol. The molecule has 1 aromatic carbocycles. The van der Waals surface area contributed by atoms with E-state index in [0.29, 0.717) is 28.1 Å². The van der Waals surface area contributed by atoms with E-state index in [9.17, 15) is 0 Å². The van der Waals surface area contributed by atoms with Crippen molar-refractivity contribution in [3.63, 3.8) is 0 Å². The first kappa shape index (κ1) is 24.9. The first-order valence-electron chi connectivity index (χ1n) is 11.7. The normalized spacial score (nSPS) is 15.5. The molecule has 0 saturated heterocycles. The third kappa shape index (κ3) is 6.27. The van der Waals surface area contributed by atoms with Crippen LogP contribution in [0.3, 0.4) is 0 Å². The molecule has 9 heteroatoms. The van der Waals surface area contributed by atoms with Crippen LogP contribution in [0.4, 0.5) is 5.82 Å². The summed E-state index contributed by atoms with van der Waals surface area (Å²) in [5, 5.41) is 4.78. The van der Waals surface area contributed by atoms with E-state index in [1.165, 1.54) is 18.1 Å². The predicted octanol–water partition coefficient (Wildman–Crippen LogP) is 4.83. The SMILES string of the molecule is CC(C)NCCCn1c(SC2=COC(c3ccccc3C#CC(C)(C)C)O2)nc2c(N)ncnc21. The van der Waals surface area contributed by atoms with Crippen molar-refractivity contribution in [1.29, 1.82) is 0 Å². The molecule has 3 aromatic rings. The highest BCUT2D eigenvalue weighted by atomic mass is 32.2. The lowest BCUT2D eigenvalue weighted by atomic mass is 9.96. The number of nitrogens with zero attached hydrogens (tertiary/aromatic N) is 4. The zero-order valence-corrected chi connectivity index (χ0v) is 21.6. The van der Waals surface area contributed by atoms with Gasteiger partial charge >= 0.3 is 0 Å². The summed E-state index contributed by atoms with van der Waals surface area (Å²) in [7, 11) is 0. The Hall–Kier alpha value is -3.22. The van der Waals surface area contributed by atoms with Gasteiger partial charge in [0.25, 0.3) is 6.29 Å². The van der Waals surface area contributed by atoms with E-state index in [0.717, 1.165) is 35.8 Å². The van der Waals surface area contributed by atoms with Gasteiger partial charge in [-0.15, -0.1) is 0 Å². The lowest BCUT2D eigenvalue weighted by molar-refractivity contribution is -0.0275. The summed E-state index contributed by atoms with van der Waals surface area (Å²) in [5.74, 6) is 6.92. The average Bonchev–Trinajstić information content (AvgIpc) is 3.41. The largest absolute Gasteiger partial charge is 0.454 e. The minimum absolute atomic E-state index is 0.0989. The van der Waals surface area contributed by atoms with Crippen molar-refractivity contribution >= 4 is 28.7 Å². The summed E-state index contributed by atoms with van der Waals surface area (Å²) >= 11 is 1.38. The molecule has 2 aromatic heterocycles. The van der Waals surface area contributed by atoms with Crippen LogP contribution in [-0.4, -0.2) is 32.1 Å². The molecule has 1 aliphatic heterocycles.